The normalized spacial score (nSPS) is 16.9. The highest BCUT2D eigenvalue weighted by Gasteiger charge is 2.45. The molecule has 13 heavy (non-hydrogen) atoms. The lowest BCUT2D eigenvalue weighted by molar-refractivity contribution is -0.139. The van der Waals surface area contributed by atoms with E-state index < -0.39 is 0 Å². The van der Waals surface area contributed by atoms with Crippen LogP contribution in [0.1, 0.15) is 41.5 Å². The largest absolute Gasteiger partial charge is 0.359 e. The maximum Gasteiger partial charge on any atom is 0.226 e. The standard InChI is InChI=1S/C11H23NO/c1-8(2)11(6,9(13)12-7)10(3,4)5/h8H,1-7H3,(H,12,13). The minimum absolute atomic E-state index is 0.0126. The molecule has 0 aliphatic carbocycles. The molecule has 0 saturated heterocycles. The van der Waals surface area contributed by atoms with E-state index in [9.17, 15) is 4.79 Å². The molecule has 1 N–H and O–H groups in total. The van der Waals surface area contributed by atoms with Gasteiger partial charge in [-0.25, -0.2) is 0 Å². The van der Waals surface area contributed by atoms with Crippen molar-refractivity contribution in [3.8, 4) is 0 Å². The molecular formula is C11H23NO. The molecule has 0 bridgehead atoms. The fourth-order valence-electron chi connectivity index (χ4n) is 1.73. The van der Waals surface area contributed by atoms with Gasteiger partial charge >= 0.3 is 0 Å². The van der Waals surface area contributed by atoms with Gasteiger partial charge in [0, 0.05) is 7.05 Å². The van der Waals surface area contributed by atoms with Crippen LogP contribution in [0.3, 0.4) is 0 Å². The first kappa shape index (κ1) is 12.5. The third kappa shape index (κ3) is 2.04. The lowest BCUT2D eigenvalue weighted by atomic mass is 9.61. The van der Waals surface area contributed by atoms with Crippen molar-refractivity contribution in [1.82, 2.24) is 5.32 Å². The predicted molar refractivity (Wildman–Crippen MR) is 56.5 cm³/mol. The number of amides is 1. The molecule has 2 nitrogen and oxygen atoms in total. The molecule has 0 aromatic carbocycles. The van der Waals surface area contributed by atoms with Crippen LogP contribution in [0, 0.1) is 16.7 Å². The van der Waals surface area contributed by atoms with Crippen molar-refractivity contribution in [2.45, 2.75) is 41.5 Å². The molecule has 0 saturated carbocycles. The number of carbonyl (C=O) groups is 1. The van der Waals surface area contributed by atoms with Gasteiger partial charge in [-0.1, -0.05) is 41.5 Å². The quantitative estimate of drug-likeness (QED) is 0.703. The van der Waals surface area contributed by atoms with E-state index in [4.69, 9.17) is 0 Å². The third-order valence-corrected chi connectivity index (χ3v) is 3.41. The summed E-state index contributed by atoms with van der Waals surface area (Å²) in [5.41, 5.74) is -0.316. The van der Waals surface area contributed by atoms with Crippen molar-refractivity contribution in [3.63, 3.8) is 0 Å². The zero-order valence-electron chi connectivity index (χ0n) is 9.99. The lowest BCUT2D eigenvalue weighted by Crippen LogP contribution is -2.49. The zero-order valence-corrected chi connectivity index (χ0v) is 9.99. The van der Waals surface area contributed by atoms with E-state index in [1.807, 2.05) is 6.92 Å². The van der Waals surface area contributed by atoms with Crippen LogP contribution in [0.2, 0.25) is 0 Å². The van der Waals surface area contributed by atoms with E-state index in [1.54, 1.807) is 7.05 Å². The molecule has 0 heterocycles. The Kier molecular flexibility index (Phi) is 3.54. The molecule has 78 valence electrons. The zero-order chi connectivity index (χ0) is 10.9. The Morgan fingerprint density at radius 3 is 1.62 bits per heavy atom. The second kappa shape index (κ2) is 3.69. The number of hydrogen-bond donors (Lipinski definition) is 1. The third-order valence-electron chi connectivity index (χ3n) is 3.41. The minimum atomic E-state index is -0.304. The first-order valence-corrected chi connectivity index (χ1v) is 4.90. The first-order chi connectivity index (χ1) is 5.67. The van der Waals surface area contributed by atoms with E-state index in [0.717, 1.165) is 0 Å². The van der Waals surface area contributed by atoms with Gasteiger partial charge in [0.25, 0.3) is 0 Å². The van der Waals surface area contributed by atoms with Gasteiger partial charge in [0.1, 0.15) is 0 Å². The molecule has 0 fully saturated rings. The summed E-state index contributed by atoms with van der Waals surface area (Å²) < 4.78 is 0. The molecule has 1 amide bonds. The van der Waals surface area contributed by atoms with Crippen LogP contribution in [-0.2, 0) is 4.79 Å². The van der Waals surface area contributed by atoms with Crippen LogP contribution in [0.15, 0.2) is 0 Å². The number of rotatable bonds is 2. The summed E-state index contributed by atoms with van der Waals surface area (Å²) in [6.07, 6.45) is 0. The fraction of sp³-hybridized carbons (Fsp3) is 0.909. The van der Waals surface area contributed by atoms with Crippen LogP contribution in [-0.4, -0.2) is 13.0 Å². The smallest absolute Gasteiger partial charge is 0.226 e. The molecule has 1 unspecified atom stereocenters. The predicted octanol–water partition coefficient (Wildman–Crippen LogP) is 2.44. The van der Waals surface area contributed by atoms with Crippen molar-refractivity contribution in [1.29, 1.82) is 0 Å². The minimum Gasteiger partial charge on any atom is -0.359 e. The van der Waals surface area contributed by atoms with Gasteiger partial charge in [0.2, 0.25) is 5.91 Å². The maximum atomic E-state index is 11.8. The Hall–Kier alpha value is -0.530. The molecule has 0 rings (SSSR count). The van der Waals surface area contributed by atoms with Gasteiger partial charge in [-0.05, 0) is 11.3 Å². The molecular weight excluding hydrogens is 162 g/mol. The average molecular weight is 185 g/mol. The average Bonchev–Trinajstić information content (AvgIpc) is 1.98. The van der Waals surface area contributed by atoms with Crippen molar-refractivity contribution in [2.24, 2.45) is 16.7 Å². The molecule has 0 aromatic rings. The number of nitrogens with one attached hydrogen (secondary N) is 1. The van der Waals surface area contributed by atoms with Crippen molar-refractivity contribution < 1.29 is 4.79 Å². The monoisotopic (exact) mass is 185 g/mol. The van der Waals surface area contributed by atoms with Gasteiger partial charge in [0.05, 0.1) is 5.41 Å². The van der Waals surface area contributed by atoms with Crippen LogP contribution in [0.4, 0.5) is 0 Å². The highest BCUT2D eigenvalue weighted by Crippen LogP contribution is 2.44. The highest BCUT2D eigenvalue weighted by atomic mass is 16.2. The Bertz CT molecular complexity index is 191. The second-order valence-corrected chi connectivity index (χ2v) is 5.19. The SMILES string of the molecule is CNC(=O)C(C)(C(C)C)C(C)(C)C. The van der Waals surface area contributed by atoms with Gasteiger partial charge in [-0.15, -0.1) is 0 Å². The van der Waals surface area contributed by atoms with Crippen LogP contribution < -0.4 is 5.32 Å². The van der Waals surface area contributed by atoms with E-state index >= 15 is 0 Å². The topological polar surface area (TPSA) is 29.1 Å². The van der Waals surface area contributed by atoms with Crippen LogP contribution in [0.25, 0.3) is 0 Å². The molecule has 0 aromatic heterocycles. The van der Waals surface area contributed by atoms with Gasteiger partial charge in [-0.2, -0.15) is 0 Å². The number of hydrogen-bond acceptors (Lipinski definition) is 1. The number of carbonyl (C=O) groups excluding carboxylic acids is 1. The summed E-state index contributed by atoms with van der Waals surface area (Å²) >= 11 is 0. The van der Waals surface area contributed by atoms with Crippen molar-refractivity contribution in [2.75, 3.05) is 7.05 Å². The Labute approximate surface area is 82.1 Å². The molecule has 1 atom stereocenters. The fourth-order valence-corrected chi connectivity index (χ4v) is 1.73. The van der Waals surface area contributed by atoms with Crippen molar-refractivity contribution >= 4 is 5.91 Å². The summed E-state index contributed by atoms with van der Waals surface area (Å²) in [5.74, 6) is 0.474. The van der Waals surface area contributed by atoms with E-state index in [1.165, 1.54) is 0 Å². The van der Waals surface area contributed by atoms with Gasteiger partial charge in [0.15, 0.2) is 0 Å². The van der Waals surface area contributed by atoms with Gasteiger partial charge < -0.3 is 5.32 Å². The van der Waals surface area contributed by atoms with E-state index in [2.05, 4.69) is 39.9 Å². The molecule has 2 heteroatoms. The highest BCUT2D eigenvalue weighted by molar-refractivity contribution is 5.83. The summed E-state index contributed by atoms with van der Waals surface area (Å²) in [6.45, 7) is 12.6. The Morgan fingerprint density at radius 2 is 1.54 bits per heavy atom. The maximum absolute atomic E-state index is 11.8. The second-order valence-electron chi connectivity index (χ2n) is 5.19. The summed E-state index contributed by atoms with van der Waals surface area (Å²) in [5, 5.41) is 2.75. The van der Waals surface area contributed by atoms with E-state index in [-0.39, 0.29) is 16.7 Å². The molecule has 0 aliphatic rings. The van der Waals surface area contributed by atoms with Gasteiger partial charge in [-0.3, -0.25) is 4.79 Å². The van der Waals surface area contributed by atoms with Crippen LogP contribution >= 0.6 is 0 Å². The molecule has 0 radical (unpaired) electrons. The van der Waals surface area contributed by atoms with Crippen molar-refractivity contribution in [3.05, 3.63) is 0 Å². The Morgan fingerprint density at radius 1 is 1.15 bits per heavy atom. The summed E-state index contributed by atoms with van der Waals surface area (Å²) in [4.78, 5) is 11.8. The molecule has 0 aliphatic heterocycles. The van der Waals surface area contributed by atoms with Crippen LogP contribution in [0.5, 0.6) is 0 Å². The lowest BCUT2D eigenvalue weighted by Gasteiger charge is -2.43. The first-order valence-electron chi connectivity index (χ1n) is 4.90. The summed E-state index contributed by atoms with van der Waals surface area (Å²) in [6, 6.07) is 0. The summed E-state index contributed by atoms with van der Waals surface area (Å²) in [7, 11) is 1.70. The van der Waals surface area contributed by atoms with E-state index in [0.29, 0.717) is 5.92 Å². The molecule has 0 spiro atoms. The Balaban J connectivity index is 5.08.